The largest absolute Gasteiger partial charge is 0.495 e. The summed E-state index contributed by atoms with van der Waals surface area (Å²) in [5.41, 5.74) is 0.685. The quantitative estimate of drug-likeness (QED) is 0.703. The molecule has 0 aromatic heterocycles. The second kappa shape index (κ2) is 4.12. The number of Topliss-reactive ketones (excluding diaryl/α,β-unsaturated/α-hetero) is 1. The number of rotatable bonds is 2. The van der Waals surface area contributed by atoms with Crippen LogP contribution in [0.25, 0.3) is 0 Å². The van der Waals surface area contributed by atoms with Crippen molar-refractivity contribution >= 4 is 17.4 Å². The van der Waals surface area contributed by atoms with E-state index in [4.69, 9.17) is 21.6 Å². The Hall–Kier alpha value is -1.53. The monoisotopic (exact) mass is 209 g/mol. The molecule has 0 radical (unpaired) electrons. The van der Waals surface area contributed by atoms with Crippen molar-refractivity contribution in [2.24, 2.45) is 0 Å². The van der Waals surface area contributed by atoms with E-state index in [-0.39, 0.29) is 16.4 Å². The number of ether oxygens (including phenoxy) is 1. The zero-order chi connectivity index (χ0) is 10.7. The fraction of sp³-hybridized carbons (Fsp3) is 0.200. The van der Waals surface area contributed by atoms with E-state index >= 15 is 0 Å². The van der Waals surface area contributed by atoms with Crippen molar-refractivity contribution < 1.29 is 9.53 Å². The molecule has 0 aliphatic rings. The standard InChI is InChI=1S/C10H8ClNO2/c1-6(13)7-3-9(11)8(5-12)10(4-7)14-2/h3-4H,1-2H3. The number of methoxy groups -OCH3 is 1. The van der Waals surface area contributed by atoms with Gasteiger partial charge in [0, 0.05) is 5.56 Å². The highest BCUT2D eigenvalue weighted by molar-refractivity contribution is 6.32. The highest BCUT2D eigenvalue weighted by atomic mass is 35.5. The Labute approximate surface area is 86.9 Å². The van der Waals surface area contributed by atoms with Crippen LogP contribution >= 0.6 is 11.6 Å². The number of nitriles is 1. The van der Waals surface area contributed by atoms with Crippen molar-refractivity contribution in [3.8, 4) is 11.8 Å². The Kier molecular flexibility index (Phi) is 3.10. The molecule has 0 amide bonds. The van der Waals surface area contributed by atoms with E-state index in [0.717, 1.165) is 0 Å². The maximum Gasteiger partial charge on any atom is 0.159 e. The molecule has 0 heterocycles. The van der Waals surface area contributed by atoms with Crippen LogP contribution < -0.4 is 4.74 Å². The number of ketones is 1. The minimum atomic E-state index is -0.116. The summed E-state index contributed by atoms with van der Waals surface area (Å²) in [6.45, 7) is 1.43. The lowest BCUT2D eigenvalue weighted by molar-refractivity contribution is 0.101. The van der Waals surface area contributed by atoms with Gasteiger partial charge in [-0.1, -0.05) is 11.6 Å². The minimum absolute atomic E-state index is 0.116. The first-order valence-corrected chi connectivity index (χ1v) is 4.26. The fourth-order valence-corrected chi connectivity index (χ4v) is 1.31. The minimum Gasteiger partial charge on any atom is -0.495 e. The molecule has 4 heteroatoms. The van der Waals surface area contributed by atoms with Gasteiger partial charge in [-0.2, -0.15) is 5.26 Å². The van der Waals surface area contributed by atoms with Crippen molar-refractivity contribution in [1.29, 1.82) is 5.26 Å². The van der Waals surface area contributed by atoms with Gasteiger partial charge in [-0.25, -0.2) is 0 Å². The number of carbonyl (C=O) groups excluding carboxylic acids is 1. The van der Waals surface area contributed by atoms with E-state index in [0.29, 0.717) is 11.3 Å². The summed E-state index contributed by atoms with van der Waals surface area (Å²) in [6.07, 6.45) is 0. The molecule has 0 atom stereocenters. The number of halogens is 1. The van der Waals surface area contributed by atoms with Crippen molar-refractivity contribution in [3.05, 3.63) is 28.3 Å². The predicted molar refractivity (Wildman–Crippen MR) is 52.7 cm³/mol. The van der Waals surface area contributed by atoms with Gasteiger partial charge in [0.25, 0.3) is 0 Å². The van der Waals surface area contributed by atoms with Crippen LogP contribution in [0.1, 0.15) is 22.8 Å². The Morgan fingerprint density at radius 2 is 2.21 bits per heavy atom. The molecule has 0 N–H and O–H groups in total. The normalized spacial score (nSPS) is 9.29. The Bertz CT molecular complexity index is 421. The second-order valence-corrected chi connectivity index (χ2v) is 3.11. The molecule has 1 aromatic rings. The number of nitrogens with zero attached hydrogens (tertiary/aromatic N) is 1. The smallest absolute Gasteiger partial charge is 0.159 e. The van der Waals surface area contributed by atoms with Crippen LogP contribution in [0.15, 0.2) is 12.1 Å². The summed E-state index contributed by atoms with van der Waals surface area (Å²) < 4.78 is 4.95. The van der Waals surface area contributed by atoms with Gasteiger partial charge >= 0.3 is 0 Å². The molecular formula is C10H8ClNO2. The Morgan fingerprint density at radius 1 is 1.57 bits per heavy atom. The summed E-state index contributed by atoms with van der Waals surface area (Å²) >= 11 is 5.80. The Morgan fingerprint density at radius 3 is 2.64 bits per heavy atom. The van der Waals surface area contributed by atoms with Crippen molar-refractivity contribution in [2.75, 3.05) is 7.11 Å². The van der Waals surface area contributed by atoms with Gasteiger partial charge < -0.3 is 4.74 Å². The topological polar surface area (TPSA) is 50.1 Å². The summed E-state index contributed by atoms with van der Waals surface area (Å²) in [5.74, 6) is 0.208. The van der Waals surface area contributed by atoms with Crippen LogP contribution in [-0.2, 0) is 0 Å². The average Bonchev–Trinajstić information content (AvgIpc) is 2.16. The van der Waals surface area contributed by atoms with Crippen LogP contribution in [0, 0.1) is 11.3 Å². The molecule has 0 saturated carbocycles. The van der Waals surface area contributed by atoms with Gasteiger partial charge in [0.15, 0.2) is 5.78 Å². The van der Waals surface area contributed by atoms with Crippen molar-refractivity contribution in [3.63, 3.8) is 0 Å². The van der Waals surface area contributed by atoms with E-state index in [2.05, 4.69) is 0 Å². The van der Waals surface area contributed by atoms with E-state index in [1.54, 1.807) is 0 Å². The van der Waals surface area contributed by atoms with E-state index in [1.807, 2.05) is 6.07 Å². The van der Waals surface area contributed by atoms with Crippen molar-refractivity contribution in [1.82, 2.24) is 0 Å². The molecule has 72 valence electrons. The van der Waals surface area contributed by atoms with Gasteiger partial charge in [-0.3, -0.25) is 4.79 Å². The van der Waals surface area contributed by atoms with Gasteiger partial charge in [-0.05, 0) is 19.1 Å². The molecule has 1 rings (SSSR count). The Balaban J connectivity index is 3.40. The highest BCUT2D eigenvalue weighted by Crippen LogP contribution is 2.27. The third-order valence-electron chi connectivity index (χ3n) is 1.79. The molecule has 14 heavy (non-hydrogen) atoms. The fourth-order valence-electron chi connectivity index (χ4n) is 1.05. The molecule has 0 fully saturated rings. The molecule has 0 aliphatic carbocycles. The van der Waals surface area contributed by atoms with Gasteiger partial charge in [0.05, 0.1) is 12.1 Å². The van der Waals surface area contributed by atoms with Gasteiger partial charge in [-0.15, -0.1) is 0 Å². The number of hydrogen-bond donors (Lipinski definition) is 0. The van der Waals surface area contributed by atoms with E-state index < -0.39 is 0 Å². The third-order valence-corrected chi connectivity index (χ3v) is 2.09. The molecule has 0 unspecified atom stereocenters. The molecular weight excluding hydrogens is 202 g/mol. The summed E-state index contributed by atoms with van der Waals surface area (Å²) in [7, 11) is 1.43. The first-order chi connectivity index (χ1) is 6.60. The van der Waals surface area contributed by atoms with Crippen LogP contribution in [-0.4, -0.2) is 12.9 Å². The first kappa shape index (κ1) is 10.6. The van der Waals surface area contributed by atoms with Gasteiger partial charge in [0.1, 0.15) is 17.4 Å². The third kappa shape index (κ3) is 1.86. The van der Waals surface area contributed by atoms with E-state index in [9.17, 15) is 4.79 Å². The summed E-state index contributed by atoms with van der Waals surface area (Å²) in [5, 5.41) is 8.99. The molecule has 0 saturated heterocycles. The second-order valence-electron chi connectivity index (χ2n) is 2.70. The molecule has 0 aliphatic heterocycles. The molecule has 3 nitrogen and oxygen atoms in total. The lowest BCUT2D eigenvalue weighted by atomic mass is 10.1. The van der Waals surface area contributed by atoms with Gasteiger partial charge in [0.2, 0.25) is 0 Å². The number of benzene rings is 1. The molecule has 1 aromatic carbocycles. The van der Waals surface area contributed by atoms with Crippen LogP contribution in [0.2, 0.25) is 5.02 Å². The zero-order valence-corrected chi connectivity index (χ0v) is 8.55. The summed E-state index contributed by atoms with van der Waals surface area (Å²) in [6, 6.07) is 4.88. The predicted octanol–water partition coefficient (Wildman–Crippen LogP) is 2.42. The lowest BCUT2D eigenvalue weighted by Gasteiger charge is -2.05. The SMILES string of the molecule is COc1cc(C(C)=O)cc(Cl)c1C#N. The highest BCUT2D eigenvalue weighted by Gasteiger charge is 2.11. The van der Waals surface area contributed by atoms with Crippen LogP contribution in [0.3, 0.4) is 0 Å². The summed E-state index contributed by atoms with van der Waals surface area (Å²) in [4.78, 5) is 11.1. The van der Waals surface area contributed by atoms with Crippen LogP contribution in [0.4, 0.5) is 0 Å². The maximum atomic E-state index is 11.1. The molecule has 0 bridgehead atoms. The zero-order valence-electron chi connectivity index (χ0n) is 7.80. The molecule has 0 spiro atoms. The van der Waals surface area contributed by atoms with Crippen LogP contribution in [0.5, 0.6) is 5.75 Å². The van der Waals surface area contributed by atoms with Crippen molar-refractivity contribution in [2.45, 2.75) is 6.92 Å². The van der Waals surface area contributed by atoms with E-state index in [1.165, 1.54) is 26.2 Å². The maximum absolute atomic E-state index is 11.1. The lowest BCUT2D eigenvalue weighted by Crippen LogP contribution is -1.96. The average molecular weight is 210 g/mol. The number of carbonyl (C=O) groups is 1. The first-order valence-electron chi connectivity index (χ1n) is 3.88. The number of hydrogen-bond acceptors (Lipinski definition) is 3.